The number of aliphatic hydroxyl groups is 1. The van der Waals surface area contributed by atoms with Crippen molar-refractivity contribution >= 4 is 10.8 Å². The third kappa shape index (κ3) is 4.24. The van der Waals surface area contributed by atoms with Crippen LogP contribution in [0, 0.1) is 17.8 Å². The van der Waals surface area contributed by atoms with Crippen LogP contribution in [0.5, 0.6) is 5.75 Å². The molecule has 110 valence electrons. The van der Waals surface area contributed by atoms with E-state index in [1.165, 1.54) is 0 Å². The van der Waals surface area contributed by atoms with E-state index in [0.717, 1.165) is 41.5 Å². The molecule has 0 bridgehead atoms. The number of hydrogen-bond acceptors (Lipinski definition) is 2. The number of ether oxygens (including phenoxy) is 1. The molecule has 1 N–H and O–H groups in total. The molecule has 0 heterocycles. The summed E-state index contributed by atoms with van der Waals surface area (Å²) < 4.78 is 5.89. The molecule has 0 aromatic heterocycles. The Morgan fingerprint density at radius 1 is 1.05 bits per heavy atom. The second-order valence-corrected chi connectivity index (χ2v) is 5.18. The molecule has 0 amide bonds. The lowest BCUT2D eigenvalue weighted by Crippen LogP contribution is -2.09. The zero-order valence-corrected chi connectivity index (χ0v) is 12.7. The largest absolute Gasteiger partial charge is 0.493 e. The van der Waals surface area contributed by atoms with E-state index in [2.05, 4.69) is 37.8 Å². The van der Waals surface area contributed by atoms with Crippen molar-refractivity contribution < 1.29 is 9.84 Å². The lowest BCUT2D eigenvalue weighted by molar-refractivity contribution is 0.241. The van der Waals surface area contributed by atoms with Crippen molar-refractivity contribution in [2.75, 3.05) is 13.2 Å². The van der Waals surface area contributed by atoms with Gasteiger partial charge in [-0.2, -0.15) is 0 Å². The van der Waals surface area contributed by atoms with Gasteiger partial charge in [0.2, 0.25) is 0 Å². The molecular formula is C19H22O2. The van der Waals surface area contributed by atoms with Crippen LogP contribution in [0.1, 0.15) is 32.3 Å². The van der Waals surface area contributed by atoms with Crippen molar-refractivity contribution in [3.05, 3.63) is 42.0 Å². The molecule has 2 aromatic carbocycles. The van der Waals surface area contributed by atoms with Crippen molar-refractivity contribution in [2.24, 2.45) is 5.92 Å². The van der Waals surface area contributed by atoms with Crippen LogP contribution < -0.4 is 4.74 Å². The molecule has 0 saturated carbocycles. The predicted molar refractivity (Wildman–Crippen MR) is 87.5 cm³/mol. The maximum Gasteiger partial charge on any atom is 0.119 e. The standard InChI is InChI=1S/C19H22O2/c1-3-15(4-2)14-21-19-10-9-17-12-16(6-5-11-20)7-8-18(17)13-19/h7-10,12-13,15,20H,3-4,11,14H2,1-2H3. The molecule has 0 unspecified atom stereocenters. The molecule has 0 aliphatic rings. The summed E-state index contributed by atoms with van der Waals surface area (Å²) in [5, 5.41) is 11.0. The van der Waals surface area contributed by atoms with E-state index in [0.29, 0.717) is 5.92 Å². The molecule has 0 atom stereocenters. The summed E-state index contributed by atoms with van der Waals surface area (Å²) >= 11 is 0. The lowest BCUT2D eigenvalue weighted by atomic mass is 10.1. The molecule has 2 nitrogen and oxygen atoms in total. The smallest absolute Gasteiger partial charge is 0.119 e. The zero-order valence-electron chi connectivity index (χ0n) is 12.7. The van der Waals surface area contributed by atoms with E-state index >= 15 is 0 Å². The first-order valence-electron chi connectivity index (χ1n) is 7.53. The zero-order chi connectivity index (χ0) is 15.1. The maximum absolute atomic E-state index is 8.73. The molecule has 0 aliphatic heterocycles. The van der Waals surface area contributed by atoms with E-state index in [1.807, 2.05) is 24.3 Å². The summed E-state index contributed by atoms with van der Waals surface area (Å²) in [4.78, 5) is 0. The van der Waals surface area contributed by atoms with Gasteiger partial charge in [-0.15, -0.1) is 0 Å². The van der Waals surface area contributed by atoms with Crippen molar-refractivity contribution in [3.63, 3.8) is 0 Å². The van der Waals surface area contributed by atoms with Gasteiger partial charge in [0.25, 0.3) is 0 Å². The minimum absolute atomic E-state index is 0.110. The molecular weight excluding hydrogens is 260 g/mol. The number of aliphatic hydroxyl groups excluding tert-OH is 1. The molecule has 0 radical (unpaired) electrons. The third-order valence-corrected chi connectivity index (χ3v) is 3.76. The quantitative estimate of drug-likeness (QED) is 0.840. The van der Waals surface area contributed by atoms with Gasteiger partial charge in [0.1, 0.15) is 12.4 Å². The molecule has 21 heavy (non-hydrogen) atoms. The van der Waals surface area contributed by atoms with Crippen molar-refractivity contribution in [3.8, 4) is 17.6 Å². The van der Waals surface area contributed by atoms with Crippen molar-refractivity contribution in [2.45, 2.75) is 26.7 Å². The average Bonchev–Trinajstić information content (AvgIpc) is 2.53. The van der Waals surface area contributed by atoms with Crippen molar-refractivity contribution in [1.82, 2.24) is 0 Å². The Balaban J connectivity index is 2.15. The van der Waals surface area contributed by atoms with Crippen LogP contribution in [0.3, 0.4) is 0 Å². The van der Waals surface area contributed by atoms with Crippen LogP contribution in [0.25, 0.3) is 10.8 Å². The number of benzene rings is 2. The highest BCUT2D eigenvalue weighted by atomic mass is 16.5. The second-order valence-electron chi connectivity index (χ2n) is 5.18. The van der Waals surface area contributed by atoms with Gasteiger partial charge in [-0.05, 0) is 41.0 Å². The molecule has 2 rings (SSSR count). The summed E-state index contributed by atoms with van der Waals surface area (Å²) in [6.45, 7) is 5.07. The minimum atomic E-state index is -0.110. The summed E-state index contributed by atoms with van der Waals surface area (Å²) in [5.41, 5.74) is 0.919. The Hall–Kier alpha value is -1.98. The predicted octanol–water partition coefficient (Wildman–Crippen LogP) is 4.00. The molecule has 0 fully saturated rings. The number of fused-ring (bicyclic) bond motifs is 1. The fourth-order valence-corrected chi connectivity index (χ4v) is 2.27. The van der Waals surface area contributed by atoms with Gasteiger partial charge in [-0.3, -0.25) is 0 Å². The average molecular weight is 282 g/mol. The fraction of sp³-hybridized carbons (Fsp3) is 0.368. The molecule has 0 saturated heterocycles. The van der Waals surface area contributed by atoms with Gasteiger partial charge >= 0.3 is 0 Å². The van der Waals surface area contributed by atoms with Crippen LogP contribution in [-0.2, 0) is 0 Å². The Bertz CT molecular complexity index is 645. The first kappa shape index (κ1) is 15.4. The third-order valence-electron chi connectivity index (χ3n) is 3.76. The first-order chi connectivity index (χ1) is 10.3. The summed E-state index contributed by atoms with van der Waals surface area (Å²) in [5.74, 6) is 7.13. The highest BCUT2D eigenvalue weighted by Gasteiger charge is 2.05. The van der Waals surface area contributed by atoms with Crippen LogP contribution in [-0.4, -0.2) is 18.3 Å². The highest BCUT2D eigenvalue weighted by Crippen LogP contribution is 2.23. The van der Waals surface area contributed by atoms with Gasteiger partial charge < -0.3 is 9.84 Å². The van der Waals surface area contributed by atoms with Crippen molar-refractivity contribution in [1.29, 1.82) is 0 Å². The second kappa shape index (κ2) is 7.71. The molecule has 0 aliphatic carbocycles. The minimum Gasteiger partial charge on any atom is -0.493 e. The number of hydrogen-bond donors (Lipinski definition) is 1. The lowest BCUT2D eigenvalue weighted by Gasteiger charge is -2.14. The summed E-state index contributed by atoms with van der Waals surface area (Å²) in [6, 6.07) is 12.2. The van der Waals surface area contributed by atoms with Gasteiger partial charge in [0, 0.05) is 5.56 Å². The van der Waals surface area contributed by atoms with Gasteiger partial charge in [0.15, 0.2) is 0 Å². The Morgan fingerprint density at radius 2 is 1.76 bits per heavy atom. The SMILES string of the molecule is CCC(CC)COc1ccc2cc(C#CCO)ccc2c1. The van der Waals surface area contributed by atoms with E-state index in [4.69, 9.17) is 9.84 Å². The first-order valence-corrected chi connectivity index (χ1v) is 7.53. The van der Waals surface area contributed by atoms with E-state index in [9.17, 15) is 0 Å². The fourth-order valence-electron chi connectivity index (χ4n) is 2.27. The van der Waals surface area contributed by atoms with Crippen LogP contribution in [0.2, 0.25) is 0 Å². The van der Waals surface area contributed by atoms with Crippen LogP contribution in [0.4, 0.5) is 0 Å². The number of rotatable bonds is 5. The molecule has 0 spiro atoms. The van der Waals surface area contributed by atoms with E-state index < -0.39 is 0 Å². The molecule has 2 aromatic rings. The Kier molecular flexibility index (Phi) is 5.66. The maximum atomic E-state index is 8.73. The Morgan fingerprint density at radius 3 is 2.48 bits per heavy atom. The van der Waals surface area contributed by atoms with Gasteiger partial charge in [-0.1, -0.05) is 50.7 Å². The topological polar surface area (TPSA) is 29.5 Å². The van der Waals surface area contributed by atoms with Gasteiger partial charge in [-0.25, -0.2) is 0 Å². The monoisotopic (exact) mass is 282 g/mol. The van der Waals surface area contributed by atoms with Gasteiger partial charge in [0.05, 0.1) is 6.61 Å². The van der Waals surface area contributed by atoms with Crippen LogP contribution >= 0.6 is 0 Å². The highest BCUT2D eigenvalue weighted by molar-refractivity contribution is 5.85. The normalized spacial score (nSPS) is 10.5. The van der Waals surface area contributed by atoms with Crippen LogP contribution in [0.15, 0.2) is 36.4 Å². The Labute approximate surface area is 126 Å². The van der Waals surface area contributed by atoms with E-state index in [-0.39, 0.29) is 6.61 Å². The summed E-state index contributed by atoms with van der Waals surface area (Å²) in [7, 11) is 0. The summed E-state index contributed by atoms with van der Waals surface area (Å²) in [6.07, 6.45) is 2.30. The van der Waals surface area contributed by atoms with E-state index in [1.54, 1.807) is 0 Å². The molecule has 2 heteroatoms.